The van der Waals surface area contributed by atoms with Crippen LogP contribution in [0.1, 0.15) is 19.8 Å². The van der Waals surface area contributed by atoms with Crippen LogP contribution in [0.15, 0.2) is 0 Å². The summed E-state index contributed by atoms with van der Waals surface area (Å²) in [6.45, 7) is 5.27. The SMILES string of the molecule is CC(O)C1CCN(CCCS)C1. The molecule has 1 rings (SSSR count). The van der Waals surface area contributed by atoms with Gasteiger partial charge in [-0.1, -0.05) is 0 Å². The maximum Gasteiger partial charge on any atom is 0.0552 e. The van der Waals surface area contributed by atoms with Gasteiger partial charge in [-0.25, -0.2) is 0 Å². The third-order valence-electron chi connectivity index (χ3n) is 2.62. The Morgan fingerprint density at radius 1 is 1.67 bits per heavy atom. The molecule has 1 aliphatic heterocycles. The van der Waals surface area contributed by atoms with Crippen molar-refractivity contribution in [3.8, 4) is 0 Å². The molecule has 12 heavy (non-hydrogen) atoms. The number of likely N-dealkylation sites (tertiary alicyclic amines) is 1. The summed E-state index contributed by atoms with van der Waals surface area (Å²) in [4.78, 5) is 2.42. The lowest BCUT2D eigenvalue weighted by atomic mass is 10.0. The van der Waals surface area contributed by atoms with E-state index in [-0.39, 0.29) is 6.10 Å². The van der Waals surface area contributed by atoms with Gasteiger partial charge in [0.25, 0.3) is 0 Å². The minimum Gasteiger partial charge on any atom is -0.393 e. The zero-order chi connectivity index (χ0) is 8.97. The van der Waals surface area contributed by atoms with Crippen molar-refractivity contribution in [3.63, 3.8) is 0 Å². The molecule has 0 amide bonds. The molecule has 2 atom stereocenters. The summed E-state index contributed by atoms with van der Waals surface area (Å²) in [5.41, 5.74) is 0. The van der Waals surface area contributed by atoms with Crippen LogP contribution in [0.2, 0.25) is 0 Å². The molecule has 72 valence electrons. The Morgan fingerprint density at radius 2 is 2.42 bits per heavy atom. The van der Waals surface area contributed by atoms with Gasteiger partial charge in [0.05, 0.1) is 6.10 Å². The van der Waals surface area contributed by atoms with E-state index in [9.17, 15) is 5.11 Å². The van der Waals surface area contributed by atoms with Gasteiger partial charge in [0.15, 0.2) is 0 Å². The van der Waals surface area contributed by atoms with Crippen LogP contribution >= 0.6 is 12.6 Å². The maximum absolute atomic E-state index is 9.35. The lowest BCUT2D eigenvalue weighted by molar-refractivity contribution is 0.128. The second kappa shape index (κ2) is 5.10. The van der Waals surface area contributed by atoms with Crippen molar-refractivity contribution in [2.45, 2.75) is 25.9 Å². The van der Waals surface area contributed by atoms with Gasteiger partial charge in [0.1, 0.15) is 0 Å². The third kappa shape index (κ3) is 2.96. The van der Waals surface area contributed by atoms with E-state index in [1.165, 1.54) is 0 Å². The zero-order valence-corrected chi connectivity index (χ0v) is 8.63. The number of aliphatic hydroxyl groups is 1. The highest BCUT2D eigenvalue weighted by atomic mass is 32.1. The fourth-order valence-electron chi connectivity index (χ4n) is 1.75. The van der Waals surface area contributed by atoms with Crippen LogP contribution in [0.3, 0.4) is 0 Å². The zero-order valence-electron chi connectivity index (χ0n) is 7.74. The molecular formula is C9H19NOS. The second-order valence-corrected chi connectivity index (χ2v) is 4.11. The van der Waals surface area contributed by atoms with Gasteiger partial charge in [-0.3, -0.25) is 0 Å². The number of rotatable bonds is 4. The fourth-order valence-corrected chi connectivity index (χ4v) is 1.90. The van der Waals surface area contributed by atoms with Crippen molar-refractivity contribution in [2.24, 2.45) is 5.92 Å². The molecule has 0 bridgehead atoms. The van der Waals surface area contributed by atoms with Crippen LogP contribution in [0.5, 0.6) is 0 Å². The van der Waals surface area contributed by atoms with Gasteiger partial charge < -0.3 is 10.0 Å². The van der Waals surface area contributed by atoms with Crippen molar-refractivity contribution in [3.05, 3.63) is 0 Å². The standard InChI is InChI=1S/C9H19NOS/c1-8(11)9-3-5-10(7-9)4-2-6-12/h8-9,11-12H,2-7H2,1H3. The summed E-state index contributed by atoms with van der Waals surface area (Å²) < 4.78 is 0. The molecule has 0 aliphatic carbocycles. The van der Waals surface area contributed by atoms with Gasteiger partial charge in [0.2, 0.25) is 0 Å². The molecule has 0 saturated carbocycles. The summed E-state index contributed by atoms with van der Waals surface area (Å²) in [5.74, 6) is 1.47. The lowest BCUT2D eigenvalue weighted by Crippen LogP contribution is -2.25. The minimum absolute atomic E-state index is 0.133. The van der Waals surface area contributed by atoms with Crippen molar-refractivity contribution in [1.29, 1.82) is 0 Å². The summed E-state index contributed by atoms with van der Waals surface area (Å²) in [6.07, 6.45) is 2.19. The monoisotopic (exact) mass is 189 g/mol. The average Bonchev–Trinajstić information content (AvgIpc) is 2.48. The van der Waals surface area contributed by atoms with Crippen LogP contribution in [0.4, 0.5) is 0 Å². The Morgan fingerprint density at radius 3 is 2.92 bits per heavy atom. The van der Waals surface area contributed by atoms with Crippen LogP contribution in [0, 0.1) is 5.92 Å². The first-order chi connectivity index (χ1) is 5.74. The normalized spacial score (nSPS) is 27.8. The molecule has 1 heterocycles. The molecule has 1 fully saturated rings. The molecule has 2 unspecified atom stereocenters. The Kier molecular flexibility index (Phi) is 4.40. The van der Waals surface area contributed by atoms with E-state index < -0.39 is 0 Å². The molecule has 0 aromatic carbocycles. The summed E-state index contributed by atoms with van der Waals surface area (Å²) >= 11 is 4.18. The smallest absolute Gasteiger partial charge is 0.0552 e. The highest BCUT2D eigenvalue weighted by Crippen LogP contribution is 2.19. The lowest BCUT2D eigenvalue weighted by Gasteiger charge is -2.16. The number of nitrogens with zero attached hydrogens (tertiary/aromatic N) is 1. The molecule has 3 heteroatoms. The van der Waals surface area contributed by atoms with E-state index in [2.05, 4.69) is 17.5 Å². The highest BCUT2D eigenvalue weighted by molar-refractivity contribution is 7.80. The first-order valence-electron chi connectivity index (χ1n) is 4.75. The van der Waals surface area contributed by atoms with E-state index in [0.717, 1.165) is 38.2 Å². The molecule has 2 nitrogen and oxygen atoms in total. The van der Waals surface area contributed by atoms with Gasteiger partial charge in [-0.2, -0.15) is 12.6 Å². The molecule has 0 aromatic rings. The second-order valence-electron chi connectivity index (χ2n) is 3.67. The number of hydrogen-bond donors (Lipinski definition) is 2. The Bertz CT molecular complexity index is 130. The molecule has 0 aromatic heterocycles. The summed E-state index contributed by atoms with van der Waals surface area (Å²) in [6, 6.07) is 0. The Balaban J connectivity index is 2.17. The van der Waals surface area contributed by atoms with Crippen LogP contribution < -0.4 is 0 Å². The Labute approximate surface area is 80.4 Å². The van der Waals surface area contributed by atoms with E-state index in [1.54, 1.807) is 0 Å². The van der Waals surface area contributed by atoms with E-state index >= 15 is 0 Å². The van der Waals surface area contributed by atoms with Gasteiger partial charge in [-0.15, -0.1) is 0 Å². The molecule has 1 N–H and O–H groups in total. The topological polar surface area (TPSA) is 23.5 Å². The van der Waals surface area contributed by atoms with E-state index in [1.807, 2.05) is 6.92 Å². The predicted molar refractivity (Wildman–Crippen MR) is 54.7 cm³/mol. The van der Waals surface area contributed by atoms with Crippen molar-refractivity contribution in [1.82, 2.24) is 4.90 Å². The van der Waals surface area contributed by atoms with Crippen molar-refractivity contribution >= 4 is 12.6 Å². The number of hydrogen-bond acceptors (Lipinski definition) is 3. The van der Waals surface area contributed by atoms with E-state index in [4.69, 9.17) is 0 Å². The van der Waals surface area contributed by atoms with Crippen LogP contribution in [0.25, 0.3) is 0 Å². The molecular weight excluding hydrogens is 170 g/mol. The number of aliphatic hydroxyl groups excluding tert-OH is 1. The van der Waals surface area contributed by atoms with Crippen LogP contribution in [-0.2, 0) is 0 Å². The highest BCUT2D eigenvalue weighted by Gasteiger charge is 2.24. The Hall–Kier alpha value is 0.270. The quantitative estimate of drug-likeness (QED) is 0.645. The number of thiol groups is 1. The fraction of sp³-hybridized carbons (Fsp3) is 1.00. The summed E-state index contributed by atoms with van der Waals surface area (Å²) in [7, 11) is 0. The first-order valence-corrected chi connectivity index (χ1v) is 5.38. The van der Waals surface area contributed by atoms with Gasteiger partial charge in [0, 0.05) is 6.54 Å². The summed E-state index contributed by atoms with van der Waals surface area (Å²) in [5, 5.41) is 9.35. The largest absolute Gasteiger partial charge is 0.393 e. The van der Waals surface area contributed by atoms with Crippen molar-refractivity contribution in [2.75, 3.05) is 25.4 Å². The molecule has 1 aliphatic rings. The molecule has 0 radical (unpaired) electrons. The third-order valence-corrected chi connectivity index (χ3v) is 2.94. The predicted octanol–water partition coefficient (Wildman–Crippen LogP) is 1.01. The van der Waals surface area contributed by atoms with Crippen molar-refractivity contribution < 1.29 is 5.11 Å². The molecule has 0 spiro atoms. The van der Waals surface area contributed by atoms with E-state index in [0.29, 0.717) is 5.92 Å². The molecule has 1 saturated heterocycles. The first kappa shape index (κ1) is 10.4. The van der Waals surface area contributed by atoms with Crippen LogP contribution in [-0.4, -0.2) is 41.5 Å². The van der Waals surface area contributed by atoms with Gasteiger partial charge >= 0.3 is 0 Å². The maximum atomic E-state index is 9.35. The van der Waals surface area contributed by atoms with Gasteiger partial charge in [-0.05, 0) is 44.5 Å². The minimum atomic E-state index is -0.133. The average molecular weight is 189 g/mol.